The second-order valence-corrected chi connectivity index (χ2v) is 7.18. The highest BCUT2D eigenvalue weighted by Crippen LogP contribution is 2.27. The number of amides is 1. The minimum Gasteiger partial charge on any atom is -0.497 e. The molecule has 0 spiro atoms. The Morgan fingerprint density at radius 1 is 1.31 bits per heavy atom. The first kappa shape index (κ1) is 27.1. The standard InChI is InChI=1S/C19H30F2N4O3.HI/c1-7-22-18(25(5)12-16(26)24-19(2,3)4)23-11-13-8-9-14(27-6)10-15(13)28-17(20)21;/h8-10,17H,7,11-12H2,1-6H3,(H,22,23)(H,24,26);1H. The number of alkyl halides is 2. The molecule has 0 aromatic heterocycles. The first-order valence-corrected chi connectivity index (χ1v) is 8.98. The molecule has 0 heterocycles. The predicted molar refractivity (Wildman–Crippen MR) is 120 cm³/mol. The first-order valence-electron chi connectivity index (χ1n) is 8.98. The largest absolute Gasteiger partial charge is 0.497 e. The van der Waals surface area contributed by atoms with Crippen molar-refractivity contribution in [3.05, 3.63) is 23.8 Å². The topological polar surface area (TPSA) is 75.2 Å². The van der Waals surface area contributed by atoms with Crippen LogP contribution in [0.2, 0.25) is 0 Å². The SMILES string of the molecule is CCNC(=NCc1ccc(OC)cc1OC(F)F)N(C)CC(=O)NC(C)(C)C.I. The molecular weight excluding hydrogens is 497 g/mol. The molecule has 7 nitrogen and oxygen atoms in total. The summed E-state index contributed by atoms with van der Waals surface area (Å²) < 4.78 is 35.0. The minimum absolute atomic E-state index is 0. The Kier molecular flexibility index (Phi) is 11.8. The predicted octanol–water partition coefficient (Wildman–Crippen LogP) is 3.23. The minimum atomic E-state index is -2.95. The summed E-state index contributed by atoms with van der Waals surface area (Å²) in [4.78, 5) is 18.3. The number of aliphatic imine (C=N–C) groups is 1. The number of guanidine groups is 1. The van der Waals surface area contributed by atoms with Gasteiger partial charge in [-0.15, -0.1) is 24.0 Å². The third-order valence-corrected chi connectivity index (χ3v) is 3.48. The lowest BCUT2D eigenvalue weighted by atomic mass is 10.1. The molecule has 0 aliphatic heterocycles. The van der Waals surface area contributed by atoms with E-state index in [9.17, 15) is 13.6 Å². The van der Waals surface area contributed by atoms with E-state index in [1.165, 1.54) is 13.2 Å². The highest BCUT2D eigenvalue weighted by atomic mass is 127. The molecule has 0 aliphatic carbocycles. The van der Waals surface area contributed by atoms with Gasteiger partial charge in [0.1, 0.15) is 11.5 Å². The first-order chi connectivity index (χ1) is 13.1. The number of likely N-dealkylation sites (N-methyl/N-ethyl adjacent to an activating group) is 1. The van der Waals surface area contributed by atoms with E-state index in [2.05, 4.69) is 20.4 Å². The third-order valence-electron chi connectivity index (χ3n) is 3.48. The summed E-state index contributed by atoms with van der Waals surface area (Å²) in [5.41, 5.74) is 0.141. The summed E-state index contributed by atoms with van der Waals surface area (Å²) in [5, 5.41) is 5.97. The molecule has 1 amide bonds. The van der Waals surface area contributed by atoms with Crippen LogP contribution in [0.25, 0.3) is 0 Å². The normalized spacial score (nSPS) is 11.6. The van der Waals surface area contributed by atoms with E-state index in [-0.39, 0.29) is 54.3 Å². The quantitative estimate of drug-likeness (QED) is 0.308. The number of carbonyl (C=O) groups excluding carboxylic acids is 1. The van der Waals surface area contributed by atoms with Crippen LogP contribution in [0.4, 0.5) is 8.78 Å². The van der Waals surface area contributed by atoms with Crippen molar-refractivity contribution >= 4 is 35.8 Å². The van der Waals surface area contributed by atoms with E-state index in [0.29, 0.717) is 23.8 Å². The Morgan fingerprint density at radius 2 is 1.97 bits per heavy atom. The van der Waals surface area contributed by atoms with Gasteiger partial charge < -0.3 is 25.0 Å². The van der Waals surface area contributed by atoms with Crippen molar-refractivity contribution in [3.8, 4) is 11.5 Å². The smallest absolute Gasteiger partial charge is 0.387 e. The summed E-state index contributed by atoms with van der Waals surface area (Å²) >= 11 is 0. The molecule has 2 N–H and O–H groups in total. The van der Waals surface area contributed by atoms with Gasteiger partial charge in [-0.05, 0) is 39.8 Å². The van der Waals surface area contributed by atoms with Crippen LogP contribution in [0.3, 0.4) is 0 Å². The molecule has 0 fully saturated rings. The van der Waals surface area contributed by atoms with Crippen LogP contribution in [0.5, 0.6) is 11.5 Å². The number of nitrogens with one attached hydrogen (secondary N) is 2. The third kappa shape index (κ3) is 10.5. The van der Waals surface area contributed by atoms with Gasteiger partial charge in [-0.1, -0.05) is 0 Å². The Labute approximate surface area is 188 Å². The number of rotatable bonds is 8. The van der Waals surface area contributed by atoms with Gasteiger partial charge in [-0.25, -0.2) is 4.99 Å². The van der Waals surface area contributed by atoms with Crippen LogP contribution in [0, 0.1) is 0 Å². The van der Waals surface area contributed by atoms with E-state index < -0.39 is 6.61 Å². The molecule has 10 heteroatoms. The molecule has 0 aliphatic rings. The van der Waals surface area contributed by atoms with Crippen LogP contribution in [-0.4, -0.2) is 56.2 Å². The molecule has 0 saturated carbocycles. The lowest BCUT2D eigenvalue weighted by Crippen LogP contribution is -2.48. The van der Waals surface area contributed by atoms with Gasteiger partial charge >= 0.3 is 6.61 Å². The molecule has 0 radical (unpaired) electrons. The number of benzene rings is 1. The van der Waals surface area contributed by atoms with Crippen molar-refractivity contribution in [3.63, 3.8) is 0 Å². The molecule has 1 aromatic carbocycles. The van der Waals surface area contributed by atoms with Crippen LogP contribution in [0.15, 0.2) is 23.2 Å². The van der Waals surface area contributed by atoms with Crippen LogP contribution >= 0.6 is 24.0 Å². The average Bonchev–Trinajstić information content (AvgIpc) is 2.56. The van der Waals surface area contributed by atoms with Crippen molar-refractivity contribution in [1.82, 2.24) is 15.5 Å². The average molecular weight is 528 g/mol. The molecule has 0 unspecified atom stereocenters. The Hall–Kier alpha value is -1.85. The van der Waals surface area contributed by atoms with Crippen molar-refractivity contribution in [2.24, 2.45) is 4.99 Å². The number of halogens is 3. The lowest BCUT2D eigenvalue weighted by molar-refractivity contribution is -0.122. The van der Waals surface area contributed by atoms with Gasteiger partial charge in [0.05, 0.1) is 20.2 Å². The maximum absolute atomic E-state index is 12.7. The monoisotopic (exact) mass is 528 g/mol. The summed E-state index contributed by atoms with van der Waals surface area (Å²) in [6.07, 6.45) is 0. The van der Waals surface area contributed by atoms with Crippen molar-refractivity contribution in [2.75, 3.05) is 27.2 Å². The summed E-state index contributed by atoms with van der Waals surface area (Å²) in [6.45, 7) is 5.44. The molecule has 1 aromatic rings. The van der Waals surface area contributed by atoms with Gasteiger partial charge in [0, 0.05) is 30.8 Å². The molecule has 0 bridgehead atoms. The maximum Gasteiger partial charge on any atom is 0.387 e. The lowest BCUT2D eigenvalue weighted by Gasteiger charge is -2.25. The second kappa shape index (κ2) is 12.7. The number of hydrogen-bond acceptors (Lipinski definition) is 4. The maximum atomic E-state index is 12.7. The highest BCUT2D eigenvalue weighted by Gasteiger charge is 2.17. The van der Waals surface area contributed by atoms with Gasteiger partial charge in [-0.2, -0.15) is 8.78 Å². The van der Waals surface area contributed by atoms with E-state index in [4.69, 9.17) is 4.74 Å². The molecular formula is C19H31F2IN4O3. The summed E-state index contributed by atoms with van der Waals surface area (Å²) in [5.74, 6) is 0.741. The van der Waals surface area contributed by atoms with Crippen LogP contribution < -0.4 is 20.1 Å². The Morgan fingerprint density at radius 3 is 2.48 bits per heavy atom. The summed E-state index contributed by atoms with van der Waals surface area (Å²) in [7, 11) is 3.18. The van der Waals surface area contributed by atoms with Crippen LogP contribution in [-0.2, 0) is 11.3 Å². The van der Waals surface area contributed by atoms with Crippen molar-refractivity contribution in [2.45, 2.75) is 46.4 Å². The number of hydrogen-bond donors (Lipinski definition) is 2. The fraction of sp³-hybridized carbons (Fsp3) is 0.579. The number of nitrogens with zero attached hydrogens (tertiary/aromatic N) is 2. The fourth-order valence-corrected chi connectivity index (χ4v) is 2.38. The molecule has 0 atom stereocenters. The number of ether oxygens (including phenoxy) is 2. The zero-order valence-electron chi connectivity index (χ0n) is 17.7. The zero-order valence-corrected chi connectivity index (χ0v) is 20.0. The highest BCUT2D eigenvalue weighted by molar-refractivity contribution is 14.0. The molecule has 1 rings (SSSR count). The van der Waals surface area contributed by atoms with Gasteiger partial charge in [0.25, 0.3) is 0 Å². The number of carbonyl (C=O) groups is 1. The molecule has 166 valence electrons. The van der Waals surface area contributed by atoms with E-state index in [0.717, 1.165) is 0 Å². The Bertz CT molecular complexity index is 682. The Balaban J connectivity index is 0.00000784. The second-order valence-electron chi connectivity index (χ2n) is 7.18. The molecule has 29 heavy (non-hydrogen) atoms. The summed E-state index contributed by atoms with van der Waals surface area (Å²) in [6, 6.07) is 4.66. The van der Waals surface area contributed by atoms with E-state index in [1.807, 2.05) is 27.7 Å². The van der Waals surface area contributed by atoms with Gasteiger partial charge in [0.15, 0.2) is 5.96 Å². The van der Waals surface area contributed by atoms with Crippen molar-refractivity contribution in [1.29, 1.82) is 0 Å². The van der Waals surface area contributed by atoms with Gasteiger partial charge in [0.2, 0.25) is 5.91 Å². The zero-order chi connectivity index (χ0) is 21.3. The van der Waals surface area contributed by atoms with E-state index in [1.54, 1.807) is 24.1 Å². The van der Waals surface area contributed by atoms with E-state index >= 15 is 0 Å². The molecule has 0 saturated heterocycles. The van der Waals surface area contributed by atoms with Crippen LogP contribution in [0.1, 0.15) is 33.3 Å². The fourth-order valence-electron chi connectivity index (χ4n) is 2.38. The number of methoxy groups -OCH3 is 1. The van der Waals surface area contributed by atoms with Gasteiger partial charge in [-0.3, -0.25) is 4.79 Å². The van der Waals surface area contributed by atoms with Crippen molar-refractivity contribution < 1.29 is 23.0 Å².